The Labute approximate surface area is 572 Å². The maximum atomic E-state index is 13.7. The minimum Gasteiger partial charge on any atom is -0.282 e. The zero-order chi connectivity index (χ0) is 70.5. The number of rotatable bonds is 17. The van der Waals surface area contributed by atoms with Gasteiger partial charge in [-0.25, -0.2) is 0 Å². The molecule has 13 rings (SSSR count). The Hall–Kier alpha value is -8.38. The fraction of sp³-hybridized carbons (Fsp3) is 0.452. The van der Waals surface area contributed by atoms with E-state index in [0.29, 0.717) is 61.7 Å². The van der Waals surface area contributed by atoms with Crippen molar-refractivity contribution in [3.8, 4) is 0 Å². The lowest BCUT2D eigenvalue weighted by molar-refractivity contribution is -0.141. The van der Waals surface area contributed by atoms with Gasteiger partial charge in [0.1, 0.15) is 0 Å². The van der Waals surface area contributed by atoms with E-state index in [0.717, 1.165) is 49.2 Å². The molecule has 8 amide bonds. The maximum Gasteiger partial charge on any atom is 0.258 e. The summed E-state index contributed by atoms with van der Waals surface area (Å²) < 4.78 is 0. The van der Waals surface area contributed by atoms with Gasteiger partial charge < -0.3 is 0 Å². The molecule has 5 aromatic carbocycles. The minimum absolute atomic E-state index is 0.0572. The summed E-state index contributed by atoms with van der Waals surface area (Å²) in [5.41, 5.74) is 7.25. The van der Waals surface area contributed by atoms with E-state index in [2.05, 4.69) is 197 Å². The van der Waals surface area contributed by atoms with Gasteiger partial charge in [-0.1, -0.05) is 245 Å². The first-order valence-electron chi connectivity index (χ1n) is 35.1. The van der Waals surface area contributed by atoms with Crippen LogP contribution in [0.25, 0.3) is 21.5 Å². The summed E-state index contributed by atoms with van der Waals surface area (Å²) >= 11 is 0. The maximum absolute atomic E-state index is 13.7. The monoisotopic (exact) mass is 1300 g/mol. The number of carbonyl (C=O) groups is 8. The smallest absolute Gasteiger partial charge is 0.258 e. The van der Waals surface area contributed by atoms with Crippen LogP contribution in [0.15, 0.2) is 176 Å². The molecular formula is C84H106N4O8. The summed E-state index contributed by atoms with van der Waals surface area (Å²) in [6.07, 6.45) is 20.3. The van der Waals surface area contributed by atoms with Crippen molar-refractivity contribution in [3.05, 3.63) is 203 Å². The Morgan fingerprint density at radius 1 is 0.490 bits per heavy atom. The van der Waals surface area contributed by atoms with Gasteiger partial charge in [0, 0.05) is 67.5 Å². The SMILES string of the molecule is C=C/C=C/CC(C)C.CC(C)CC1C=CCC2C(=O)N(CC(C)C)C(=O)C12.CC(C)CN1C(=O)C2=C(C1=O)C1(CC(C)C)c3ccccc3C2c2ccccc21.CC(C)CN1C(=O)C=CC1=O.CC(C)CN1C(=O)C=CC1=O.CC(C)Cc1c2ccccc2cc2ccccc12. The van der Waals surface area contributed by atoms with Gasteiger partial charge in [0.05, 0.1) is 17.3 Å². The highest BCUT2D eigenvalue weighted by Gasteiger charge is 2.61. The highest BCUT2D eigenvalue weighted by atomic mass is 16.2. The van der Waals surface area contributed by atoms with E-state index >= 15 is 0 Å². The van der Waals surface area contributed by atoms with Crippen molar-refractivity contribution in [1.29, 1.82) is 0 Å². The second-order valence-electron chi connectivity index (χ2n) is 30.0. The molecule has 4 aliphatic carbocycles. The standard InChI is InChI=1S/C26H27NO2.C18H18.C16H25NO2.2C8H11NO2.C8H14/c1-15(2)13-26-19-11-7-5-9-17(19)21(18-10-6-8-12-20(18)26)22-23(26)25(29)27(24(22)28)14-16(3)4;1-13(2)11-18-16-9-5-3-7-14(16)12-15-8-4-6-10-17(15)18;1-10(2)8-12-6-5-7-13-14(12)16(19)17(15(13)18)9-11(3)4;2*1-6(2)5-9-7(10)3-4-8(9)11;1-4-5-6-7-8(2)3/h5-12,15-16,21H,13-14H2,1-4H3;3-10,12-13H,11H2,1-2H3;5-6,10-14H,7-9H2,1-4H3;2*3-4,6H,5H2,1-2H3;4-6,8H,1,7H2,2-3H3/b;;;;;6-5+. The molecule has 4 heterocycles. The Bertz CT molecular complexity index is 3640. The predicted octanol–water partition coefficient (Wildman–Crippen LogP) is 16.8. The van der Waals surface area contributed by atoms with E-state index in [-0.39, 0.29) is 76.8 Å². The lowest BCUT2D eigenvalue weighted by atomic mass is 9.51. The molecule has 1 saturated heterocycles. The van der Waals surface area contributed by atoms with E-state index in [9.17, 15) is 38.4 Å². The van der Waals surface area contributed by atoms with Gasteiger partial charge in [-0.15, -0.1) is 0 Å². The van der Waals surface area contributed by atoms with E-state index in [1.54, 1.807) is 0 Å². The van der Waals surface area contributed by atoms with Crippen LogP contribution < -0.4 is 0 Å². The Morgan fingerprint density at radius 3 is 1.38 bits per heavy atom. The number of benzene rings is 5. The molecule has 0 N–H and O–H groups in total. The fourth-order valence-electron chi connectivity index (χ4n) is 14.4. The highest BCUT2D eigenvalue weighted by molar-refractivity contribution is 6.23. The molecule has 2 bridgehead atoms. The van der Waals surface area contributed by atoms with Gasteiger partial charge in [-0.2, -0.15) is 0 Å². The molecule has 5 aromatic rings. The minimum atomic E-state index is -0.538. The van der Waals surface area contributed by atoms with E-state index in [4.69, 9.17) is 0 Å². The molecule has 4 aliphatic heterocycles. The number of imide groups is 4. The third-order valence-electron chi connectivity index (χ3n) is 18.0. The van der Waals surface area contributed by atoms with Crippen LogP contribution in [-0.4, -0.2) is 93.0 Å². The molecule has 0 spiro atoms. The van der Waals surface area contributed by atoms with Crippen molar-refractivity contribution < 1.29 is 38.4 Å². The van der Waals surface area contributed by atoms with Crippen molar-refractivity contribution in [1.82, 2.24) is 19.6 Å². The van der Waals surface area contributed by atoms with Gasteiger partial charge in [0.15, 0.2) is 0 Å². The van der Waals surface area contributed by atoms with Crippen LogP contribution in [0, 0.1) is 65.1 Å². The Kier molecular flexibility index (Phi) is 26.2. The van der Waals surface area contributed by atoms with Crippen LogP contribution in [0.2, 0.25) is 0 Å². The second kappa shape index (κ2) is 33.5. The zero-order valence-corrected chi connectivity index (χ0v) is 60.1. The summed E-state index contributed by atoms with van der Waals surface area (Å²) in [6.45, 7) is 39.5. The molecule has 12 heteroatoms. The van der Waals surface area contributed by atoms with Gasteiger partial charge >= 0.3 is 0 Å². The Balaban J connectivity index is 0.000000172. The molecule has 0 aromatic heterocycles. The van der Waals surface area contributed by atoms with Crippen LogP contribution in [0.5, 0.6) is 0 Å². The average molecular weight is 1300 g/mol. The molecular weight excluding hydrogens is 1190 g/mol. The number of nitrogens with zero attached hydrogens (tertiary/aromatic N) is 4. The number of hydrogen-bond donors (Lipinski definition) is 0. The predicted molar refractivity (Wildman–Crippen MR) is 389 cm³/mol. The van der Waals surface area contributed by atoms with Crippen molar-refractivity contribution in [2.24, 2.45) is 65.1 Å². The highest BCUT2D eigenvalue weighted by Crippen LogP contribution is 2.63. The van der Waals surface area contributed by atoms with E-state index < -0.39 is 5.41 Å². The van der Waals surface area contributed by atoms with Gasteiger partial charge in [0.2, 0.25) is 11.8 Å². The van der Waals surface area contributed by atoms with Gasteiger partial charge in [-0.3, -0.25) is 58.0 Å². The first-order chi connectivity index (χ1) is 45.5. The van der Waals surface area contributed by atoms with Crippen molar-refractivity contribution in [2.45, 2.75) is 154 Å². The molecule has 96 heavy (non-hydrogen) atoms. The number of fused-ring (bicyclic) bond motifs is 3. The summed E-state index contributed by atoms with van der Waals surface area (Å²) in [7, 11) is 0. The Morgan fingerprint density at radius 2 is 0.938 bits per heavy atom. The number of allylic oxidation sites excluding steroid dienone is 5. The summed E-state index contributed by atoms with van der Waals surface area (Å²) in [5, 5.41) is 5.52. The number of likely N-dealkylation sites (tertiary alicyclic amines) is 1. The third kappa shape index (κ3) is 17.4. The van der Waals surface area contributed by atoms with E-state index in [1.807, 2.05) is 53.7 Å². The third-order valence-corrected chi connectivity index (χ3v) is 18.0. The largest absolute Gasteiger partial charge is 0.282 e. The molecule has 12 nitrogen and oxygen atoms in total. The van der Waals surface area contributed by atoms with Gasteiger partial charge in [-0.05, 0) is 141 Å². The molecule has 0 saturated carbocycles. The summed E-state index contributed by atoms with van der Waals surface area (Å²) in [4.78, 5) is 102. The van der Waals surface area contributed by atoms with E-state index in [1.165, 1.54) is 93.3 Å². The lowest BCUT2D eigenvalue weighted by Gasteiger charge is -2.49. The quantitative estimate of drug-likeness (QED) is 0.0386. The topological polar surface area (TPSA) is 150 Å². The van der Waals surface area contributed by atoms with Crippen LogP contribution in [0.4, 0.5) is 0 Å². The zero-order valence-electron chi connectivity index (χ0n) is 60.1. The van der Waals surface area contributed by atoms with Crippen molar-refractivity contribution in [3.63, 3.8) is 0 Å². The molecule has 1 fully saturated rings. The number of amides is 8. The number of hydrogen-bond acceptors (Lipinski definition) is 8. The molecule has 3 atom stereocenters. The fourth-order valence-corrected chi connectivity index (χ4v) is 14.4. The summed E-state index contributed by atoms with van der Waals surface area (Å²) in [5.74, 6) is 2.74. The molecule has 510 valence electrons. The normalized spacial score (nSPS) is 20.5. The first-order valence-corrected chi connectivity index (χ1v) is 35.1. The molecule has 0 radical (unpaired) electrons. The average Bonchev–Trinajstić information content (AvgIpc) is 1.23. The molecule has 3 unspecified atom stereocenters. The summed E-state index contributed by atoms with van der Waals surface area (Å²) in [6, 6.07) is 36.6. The second-order valence-corrected chi connectivity index (χ2v) is 30.0. The molecule has 8 aliphatic rings. The number of carbonyl (C=O) groups excluding carboxylic acids is 8. The van der Waals surface area contributed by atoms with Crippen molar-refractivity contribution in [2.75, 3.05) is 26.2 Å². The van der Waals surface area contributed by atoms with Gasteiger partial charge in [0.25, 0.3) is 35.4 Å². The lowest BCUT2D eigenvalue weighted by Crippen LogP contribution is -2.45. The van der Waals surface area contributed by atoms with Crippen LogP contribution in [-0.2, 0) is 50.2 Å². The van der Waals surface area contributed by atoms with Crippen molar-refractivity contribution >= 4 is 68.8 Å². The van der Waals surface area contributed by atoms with Crippen LogP contribution >= 0.6 is 0 Å². The first kappa shape index (κ1) is 75.0. The van der Waals surface area contributed by atoms with Crippen LogP contribution in [0.1, 0.15) is 170 Å². The van der Waals surface area contributed by atoms with Crippen LogP contribution in [0.3, 0.4) is 0 Å².